The Balaban J connectivity index is 1.92. The average Bonchev–Trinajstić information content (AvgIpc) is 2.13. The van der Waals surface area contributed by atoms with Crippen molar-refractivity contribution in [2.24, 2.45) is 0 Å². The number of carbonyl (C=O) groups is 1. The Hall–Kier alpha value is -0.610. The Morgan fingerprint density at radius 1 is 1.50 bits per heavy atom. The van der Waals surface area contributed by atoms with E-state index in [1.54, 1.807) is 0 Å². The second-order valence-corrected chi connectivity index (χ2v) is 5.27. The van der Waals surface area contributed by atoms with Gasteiger partial charge in [-0.2, -0.15) is 0 Å². The van der Waals surface area contributed by atoms with E-state index in [-0.39, 0.29) is 12.0 Å². The summed E-state index contributed by atoms with van der Waals surface area (Å²) < 4.78 is 4.82. The predicted octanol–water partition coefficient (Wildman–Crippen LogP) is 0.718. The van der Waals surface area contributed by atoms with Crippen molar-refractivity contribution in [2.75, 3.05) is 34.3 Å². The molecule has 92 valence electrons. The number of hydrogen-bond donors (Lipinski definition) is 0. The maximum atomic E-state index is 11.5. The maximum Gasteiger partial charge on any atom is 0.323 e. The summed E-state index contributed by atoms with van der Waals surface area (Å²) in [6.07, 6.45) is 4.78. The molecule has 2 fully saturated rings. The molecule has 0 aromatic heterocycles. The van der Waals surface area contributed by atoms with Gasteiger partial charge in [0, 0.05) is 18.6 Å². The molecule has 0 amide bonds. The molecule has 1 saturated carbocycles. The molecule has 2 aliphatic rings. The summed E-state index contributed by atoms with van der Waals surface area (Å²) in [5.41, 5.74) is 0.312. The summed E-state index contributed by atoms with van der Waals surface area (Å²) in [6, 6.07) is 0.0161. The van der Waals surface area contributed by atoms with Crippen molar-refractivity contribution in [1.82, 2.24) is 9.80 Å². The summed E-state index contributed by atoms with van der Waals surface area (Å²) in [4.78, 5) is 16.1. The third-order valence-corrected chi connectivity index (χ3v) is 4.33. The standard InChI is InChI=1S/C12H22N2O2/c1-13(2)12(6-4-7-12)9-14-8-5-10(14)11(15)16-3/h10H,4-9H2,1-3H3. The minimum Gasteiger partial charge on any atom is -0.468 e. The summed E-state index contributed by atoms with van der Waals surface area (Å²) in [7, 11) is 5.77. The number of carbonyl (C=O) groups excluding carboxylic acids is 1. The van der Waals surface area contributed by atoms with Crippen molar-refractivity contribution in [2.45, 2.75) is 37.3 Å². The van der Waals surface area contributed by atoms with Crippen molar-refractivity contribution in [3.05, 3.63) is 0 Å². The Kier molecular flexibility index (Phi) is 3.22. The van der Waals surface area contributed by atoms with E-state index in [4.69, 9.17) is 4.74 Å². The number of esters is 1. The van der Waals surface area contributed by atoms with Gasteiger partial charge in [-0.25, -0.2) is 0 Å². The fourth-order valence-corrected chi connectivity index (χ4v) is 2.74. The lowest BCUT2D eigenvalue weighted by atomic mass is 9.74. The molecule has 1 aliphatic heterocycles. The molecule has 1 saturated heterocycles. The fourth-order valence-electron chi connectivity index (χ4n) is 2.74. The van der Waals surface area contributed by atoms with E-state index in [1.807, 2.05) is 0 Å². The van der Waals surface area contributed by atoms with E-state index >= 15 is 0 Å². The third-order valence-electron chi connectivity index (χ3n) is 4.33. The van der Waals surface area contributed by atoms with Crippen LogP contribution in [-0.2, 0) is 9.53 Å². The summed E-state index contributed by atoms with van der Waals surface area (Å²) >= 11 is 0. The fraction of sp³-hybridized carbons (Fsp3) is 0.917. The van der Waals surface area contributed by atoms with Crippen LogP contribution >= 0.6 is 0 Å². The van der Waals surface area contributed by atoms with Crippen LogP contribution in [-0.4, -0.2) is 61.6 Å². The van der Waals surface area contributed by atoms with Crippen LogP contribution in [0.2, 0.25) is 0 Å². The molecule has 0 aromatic carbocycles. The number of nitrogens with zero attached hydrogens (tertiary/aromatic N) is 2. The van der Waals surface area contributed by atoms with Crippen molar-refractivity contribution >= 4 is 5.97 Å². The van der Waals surface area contributed by atoms with E-state index in [0.717, 1.165) is 19.5 Å². The minimum atomic E-state index is -0.0699. The van der Waals surface area contributed by atoms with E-state index in [0.29, 0.717) is 5.54 Å². The molecule has 1 aliphatic carbocycles. The van der Waals surface area contributed by atoms with Crippen LogP contribution in [0, 0.1) is 0 Å². The maximum absolute atomic E-state index is 11.5. The molecule has 0 aromatic rings. The smallest absolute Gasteiger partial charge is 0.323 e. The molecule has 0 radical (unpaired) electrons. The zero-order valence-electron chi connectivity index (χ0n) is 10.5. The van der Waals surface area contributed by atoms with Crippen LogP contribution in [0.15, 0.2) is 0 Å². The number of hydrogen-bond acceptors (Lipinski definition) is 4. The van der Waals surface area contributed by atoms with Gasteiger partial charge in [0.25, 0.3) is 0 Å². The van der Waals surface area contributed by atoms with Crippen LogP contribution in [0.1, 0.15) is 25.7 Å². The van der Waals surface area contributed by atoms with Crippen LogP contribution in [0.4, 0.5) is 0 Å². The largest absolute Gasteiger partial charge is 0.468 e. The SMILES string of the molecule is COC(=O)C1CCN1CC1(N(C)C)CCC1. The van der Waals surface area contributed by atoms with Gasteiger partial charge < -0.3 is 9.64 Å². The van der Waals surface area contributed by atoms with Crippen LogP contribution in [0.3, 0.4) is 0 Å². The molecule has 2 rings (SSSR count). The number of likely N-dealkylation sites (N-methyl/N-ethyl adjacent to an activating group) is 1. The van der Waals surface area contributed by atoms with Crippen LogP contribution in [0.25, 0.3) is 0 Å². The number of rotatable bonds is 4. The third kappa shape index (κ3) is 1.84. The summed E-state index contributed by atoms with van der Waals surface area (Å²) in [6.45, 7) is 2.05. The van der Waals surface area contributed by atoms with Gasteiger partial charge in [-0.05, 0) is 39.8 Å². The van der Waals surface area contributed by atoms with Crippen LogP contribution < -0.4 is 0 Å². The highest BCUT2D eigenvalue weighted by atomic mass is 16.5. The Morgan fingerprint density at radius 2 is 2.19 bits per heavy atom. The molecule has 1 atom stereocenters. The zero-order valence-corrected chi connectivity index (χ0v) is 10.5. The van der Waals surface area contributed by atoms with Gasteiger partial charge in [-0.15, -0.1) is 0 Å². The summed E-state index contributed by atoms with van der Waals surface area (Å²) in [5.74, 6) is -0.0699. The van der Waals surface area contributed by atoms with Gasteiger partial charge in [0.05, 0.1) is 7.11 Å². The predicted molar refractivity (Wildman–Crippen MR) is 62.3 cm³/mol. The molecule has 4 heteroatoms. The average molecular weight is 226 g/mol. The molecular weight excluding hydrogens is 204 g/mol. The molecule has 1 unspecified atom stereocenters. The first-order valence-corrected chi connectivity index (χ1v) is 6.08. The minimum absolute atomic E-state index is 0.0161. The topological polar surface area (TPSA) is 32.8 Å². The molecule has 0 spiro atoms. The quantitative estimate of drug-likeness (QED) is 0.661. The van der Waals surface area contributed by atoms with Gasteiger partial charge in [0.2, 0.25) is 0 Å². The molecule has 16 heavy (non-hydrogen) atoms. The highest BCUT2D eigenvalue weighted by Crippen LogP contribution is 2.38. The van der Waals surface area contributed by atoms with Crippen molar-refractivity contribution in [3.63, 3.8) is 0 Å². The number of ether oxygens (including phenoxy) is 1. The summed E-state index contributed by atoms with van der Waals surface area (Å²) in [5, 5.41) is 0. The monoisotopic (exact) mass is 226 g/mol. The molecule has 0 bridgehead atoms. The van der Waals surface area contributed by atoms with E-state index in [2.05, 4.69) is 23.9 Å². The second-order valence-electron chi connectivity index (χ2n) is 5.27. The van der Waals surface area contributed by atoms with E-state index in [9.17, 15) is 4.79 Å². The second kappa shape index (κ2) is 4.34. The first-order valence-electron chi connectivity index (χ1n) is 6.08. The highest BCUT2D eigenvalue weighted by Gasteiger charge is 2.45. The van der Waals surface area contributed by atoms with Gasteiger partial charge >= 0.3 is 5.97 Å². The normalized spacial score (nSPS) is 28.4. The van der Waals surface area contributed by atoms with Gasteiger partial charge in [-0.1, -0.05) is 0 Å². The van der Waals surface area contributed by atoms with Crippen molar-refractivity contribution in [3.8, 4) is 0 Å². The molecule has 4 nitrogen and oxygen atoms in total. The van der Waals surface area contributed by atoms with Crippen molar-refractivity contribution < 1.29 is 9.53 Å². The lowest BCUT2D eigenvalue weighted by molar-refractivity contribution is -0.154. The van der Waals surface area contributed by atoms with Gasteiger partial charge in [-0.3, -0.25) is 9.69 Å². The van der Waals surface area contributed by atoms with Crippen LogP contribution in [0.5, 0.6) is 0 Å². The highest BCUT2D eigenvalue weighted by molar-refractivity contribution is 5.76. The number of likely N-dealkylation sites (tertiary alicyclic amines) is 1. The first-order chi connectivity index (χ1) is 7.59. The molecule has 0 N–H and O–H groups in total. The van der Waals surface area contributed by atoms with E-state index < -0.39 is 0 Å². The van der Waals surface area contributed by atoms with E-state index in [1.165, 1.54) is 26.4 Å². The Bertz CT molecular complexity index is 274. The zero-order chi connectivity index (χ0) is 11.8. The lowest BCUT2D eigenvalue weighted by Crippen LogP contribution is -2.63. The number of methoxy groups -OCH3 is 1. The molecular formula is C12H22N2O2. The first kappa shape index (κ1) is 11.9. The lowest BCUT2D eigenvalue weighted by Gasteiger charge is -2.53. The Morgan fingerprint density at radius 3 is 2.50 bits per heavy atom. The van der Waals surface area contributed by atoms with Gasteiger partial charge in [0.1, 0.15) is 6.04 Å². The molecule has 1 heterocycles. The van der Waals surface area contributed by atoms with Crippen molar-refractivity contribution in [1.29, 1.82) is 0 Å². The Labute approximate surface area is 97.5 Å². The van der Waals surface area contributed by atoms with Gasteiger partial charge in [0.15, 0.2) is 0 Å².